The summed E-state index contributed by atoms with van der Waals surface area (Å²) < 4.78 is 0. The first-order chi connectivity index (χ1) is 6.11. The van der Waals surface area contributed by atoms with Gasteiger partial charge < -0.3 is 0 Å². The van der Waals surface area contributed by atoms with Crippen molar-refractivity contribution in [1.82, 2.24) is 0 Å². The van der Waals surface area contributed by atoms with Gasteiger partial charge in [-0.3, -0.25) is 10.1 Å². The van der Waals surface area contributed by atoms with Crippen LogP contribution in [0.1, 0.15) is 12.5 Å². The van der Waals surface area contributed by atoms with Gasteiger partial charge in [0.15, 0.2) is 0 Å². The number of nitrogens with zero attached hydrogens (tertiary/aromatic N) is 1. The number of hydrogen-bond acceptors (Lipinski definition) is 2. The van der Waals surface area contributed by atoms with Crippen LogP contribution in [0.4, 0.5) is 0 Å². The fraction of sp³-hybridized carbons (Fsp3) is 0.111. The maximum atomic E-state index is 10.3. The van der Waals surface area contributed by atoms with Gasteiger partial charge >= 0.3 is 0 Å². The molecule has 0 aliphatic rings. The average Bonchev–Trinajstić information content (AvgIpc) is 2.08. The third kappa shape index (κ3) is 2.56. The normalized spacial score (nSPS) is 11.4. The molecule has 0 unspecified atom stereocenters. The zero-order valence-corrected chi connectivity index (χ0v) is 7.78. The van der Waals surface area contributed by atoms with Crippen molar-refractivity contribution in [1.29, 1.82) is 0 Å². The van der Waals surface area contributed by atoms with Gasteiger partial charge in [-0.05, 0) is 11.6 Å². The van der Waals surface area contributed by atoms with E-state index in [4.69, 9.17) is 11.6 Å². The molecule has 3 nitrogen and oxygen atoms in total. The van der Waals surface area contributed by atoms with Crippen LogP contribution in [0.2, 0.25) is 5.02 Å². The van der Waals surface area contributed by atoms with E-state index in [1.54, 1.807) is 24.3 Å². The molecule has 0 aromatic heterocycles. The minimum atomic E-state index is -0.441. The molecule has 0 N–H and O–H groups in total. The van der Waals surface area contributed by atoms with Gasteiger partial charge in [0.05, 0.1) is 4.92 Å². The summed E-state index contributed by atoms with van der Waals surface area (Å²) in [7, 11) is 0. The fourth-order valence-electron chi connectivity index (χ4n) is 0.870. The van der Waals surface area contributed by atoms with Crippen molar-refractivity contribution in [2.45, 2.75) is 6.92 Å². The van der Waals surface area contributed by atoms with Crippen molar-refractivity contribution in [3.63, 3.8) is 0 Å². The Kier molecular flexibility index (Phi) is 3.03. The summed E-state index contributed by atoms with van der Waals surface area (Å²) in [6.45, 7) is 1.43. The van der Waals surface area contributed by atoms with E-state index in [9.17, 15) is 10.1 Å². The molecule has 1 aromatic carbocycles. The number of benzene rings is 1. The Balaban J connectivity index is 3.04. The van der Waals surface area contributed by atoms with E-state index in [2.05, 4.69) is 0 Å². The lowest BCUT2D eigenvalue weighted by molar-refractivity contribution is -0.422. The van der Waals surface area contributed by atoms with Crippen LogP contribution in [-0.4, -0.2) is 4.92 Å². The van der Waals surface area contributed by atoms with E-state index >= 15 is 0 Å². The monoisotopic (exact) mass is 197 g/mol. The smallest absolute Gasteiger partial charge is 0.243 e. The van der Waals surface area contributed by atoms with E-state index in [0.29, 0.717) is 10.6 Å². The van der Waals surface area contributed by atoms with Crippen molar-refractivity contribution in [2.75, 3.05) is 0 Å². The maximum Gasteiger partial charge on any atom is 0.243 e. The van der Waals surface area contributed by atoms with Gasteiger partial charge in [0.2, 0.25) is 5.70 Å². The van der Waals surface area contributed by atoms with E-state index in [1.807, 2.05) is 0 Å². The van der Waals surface area contributed by atoms with Crippen LogP contribution in [0.3, 0.4) is 0 Å². The third-order valence-corrected chi connectivity index (χ3v) is 1.90. The van der Waals surface area contributed by atoms with Gasteiger partial charge in [-0.25, -0.2) is 0 Å². The summed E-state index contributed by atoms with van der Waals surface area (Å²) in [5, 5.41) is 10.8. The number of nitro groups is 1. The molecule has 13 heavy (non-hydrogen) atoms. The van der Waals surface area contributed by atoms with Crippen LogP contribution < -0.4 is 0 Å². The van der Waals surface area contributed by atoms with Crippen LogP contribution >= 0.6 is 11.6 Å². The molecule has 0 fully saturated rings. The van der Waals surface area contributed by atoms with Crippen molar-refractivity contribution < 1.29 is 4.92 Å². The quantitative estimate of drug-likeness (QED) is 0.540. The van der Waals surface area contributed by atoms with Crippen molar-refractivity contribution in [2.24, 2.45) is 0 Å². The molecule has 68 valence electrons. The first-order valence-electron chi connectivity index (χ1n) is 3.68. The Morgan fingerprint density at radius 1 is 1.54 bits per heavy atom. The molecule has 0 bridgehead atoms. The zero-order chi connectivity index (χ0) is 9.84. The highest BCUT2D eigenvalue weighted by atomic mass is 35.5. The lowest BCUT2D eigenvalue weighted by atomic mass is 10.2. The Labute approximate surface area is 80.8 Å². The standard InChI is InChI=1S/C9H8ClNO2/c1-7(11(12)13)6-8-4-2-3-5-9(8)10/h2-6H,1H3. The molecule has 0 amide bonds. The van der Waals surface area contributed by atoms with Crippen LogP contribution in [0.15, 0.2) is 30.0 Å². The molecule has 1 rings (SSSR count). The summed E-state index contributed by atoms with van der Waals surface area (Å²) >= 11 is 5.81. The molecule has 0 spiro atoms. The van der Waals surface area contributed by atoms with E-state index < -0.39 is 4.92 Å². The molecule has 0 heterocycles. The molecular weight excluding hydrogens is 190 g/mol. The highest BCUT2D eigenvalue weighted by Gasteiger charge is 2.03. The topological polar surface area (TPSA) is 43.1 Å². The van der Waals surface area contributed by atoms with Crippen LogP contribution in [0.25, 0.3) is 6.08 Å². The molecule has 0 aliphatic carbocycles. The van der Waals surface area contributed by atoms with E-state index in [0.717, 1.165) is 0 Å². The highest BCUT2D eigenvalue weighted by molar-refractivity contribution is 6.32. The molecule has 0 atom stereocenters. The van der Waals surface area contributed by atoms with Crippen molar-refractivity contribution in [3.05, 3.63) is 50.7 Å². The third-order valence-electron chi connectivity index (χ3n) is 1.56. The summed E-state index contributed by atoms with van der Waals surface area (Å²) in [4.78, 5) is 9.87. The van der Waals surface area contributed by atoms with Gasteiger partial charge in [-0.1, -0.05) is 29.8 Å². The maximum absolute atomic E-state index is 10.3. The van der Waals surface area contributed by atoms with Crippen molar-refractivity contribution in [3.8, 4) is 0 Å². The SMILES string of the molecule is CC(=Cc1ccccc1Cl)[N+](=O)[O-]. The van der Waals surface area contributed by atoms with Crippen LogP contribution in [0, 0.1) is 10.1 Å². The summed E-state index contributed by atoms with van der Waals surface area (Å²) in [6, 6.07) is 6.99. The highest BCUT2D eigenvalue weighted by Crippen LogP contribution is 2.17. The first-order valence-corrected chi connectivity index (χ1v) is 4.06. The Bertz CT molecular complexity index is 360. The van der Waals surface area contributed by atoms with Gasteiger partial charge in [-0.2, -0.15) is 0 Å². The molecule has 0 radical (unpaired) electrons. The predicted molar refractivity (Wildman–Crippen MR) is 52.1 cm³/mol. The van der Waals surface area contributed by atoms with Gasteiger partial charge in [0, 0.05) is 18.0 Å². The Morgan fingerprint density at radius 2 is 2.15 bits per heavy atom. The second kappa shape index (κ2) is 4.05. The van der Waals surface area contributed by atoms with E-state index in [-0.39, 0.29) is 5.70 Å². The number of allylic oxidation sites excluding steroid dienone is 1. The average molecular weight is 198 g/mol. The van der Waals surface area contributed by atoms with Gasteiger partial charge in [-0.15, -0.1) is 0 Å². The van der Waals surface area contributed by atoms with Crippen LogP contribution in [-0.2, 0) is 0 Å². The Hall–Kier alpha value is -1.35. The van der Waals surface area contributed by atoms with Crippen LogP contribution in [0.5, 0.6) is 0 Å². The summed E-state index contributed by atoms with van der Waals surface area (Å²) in [6.07, 6.45) is 1.45. The molecule has 4 heteroatoms. The largest absolute Gasteiger partial charge is 0.259 e. The van der Waals surface area contributed by atoms with Gasteiger partial charge in [0.25, 0.3) is 0 Å². The molecular formula is C9H8ClNO2. The lowest BCUT2D eigenvalue weighted by Gasteiger charge is -1.95. The lowest BCUT2D eigenvalue weighted by Crippen LogP contribution is -1.92. The fourth-order valence-corrected chi connectivity index (χ4v) is 1.06. The van der Waals surface area contributed by atoms with Gasteiger partial charge in [0.1, 0.15) is 0 Å². The molecule has 0 saturated carbocycles. The Morgan fingerprint density at radius 3 is 2.69 bits per heavy atom. The zero-order valence-electron chi connectivity index (χ0n) is 7.03. The second-order valence-corrected chi connectivity index (χ2v) is 2.97. The number of hydrogen-bond donors (Lipinski definition) is 0. The summed E-state index contributed by atoms with van der Waals surface area (Å²) in [5.41, 5.74) is 0.742. The minimum absolute atomic E-state index is 0.0769. The molecule has 1 aromatic rings. The first kappa shape index (κ1) is 9.74. The summed E-state index contributed by atoms with van der Waals surface area (Å²) in [5.74, 6) is 0. The number of rotatable bonds is 2. The molecule has 0 saturated heterocycles. The molecule has 0 aliphatic heterocycles. The van der Waals surface area contributed by atoms with E-state index in [1.165, 1.54) is 13.0 Å². The minimum Gasteiger partial charge on any atom is -0.259 e. The number of halogens is 1. The predicted octanol–water partition coefficient (Wildman–Crippen LogP) is 2.98. The second-order valence-electron chi connectivity index (χ2n) is 2.56. The van der Waals surface area contributed by atoms with Crippen molar-refractivity contribution >= 4 is 17.7 Å².